The molecule has 18 heavy (non-hydrogen) atoms. The van der Waals surface area contributed by atoms with Crippen molar-refractivity contribution >= 4 is 27.5 Å². The number of benzene rings is 1. The van der Waals surface area contributed by atoms with Crippen LogP contribution >= 0.6 is 27.5 Å². The topological polar surface area (TPSA) is 21.1 Å². The predicted octanol–water partition coefficient (Wildman–Crippen LogP) is 3.41. The van der Waals surface area contributed by atoms with Gasteiger partial charge in [0.05, 0.1) is 5.69 Å². The number of hydrogen-bond donors (Lipinski definition) is 0. The van der Waals surface area contributed by atoms with Crippen molar-refractivity contribution in [3.05, 3.63) is 39.6 Å². The van der Waals surface area contributed by atoms with E-state index in [2.05, 4.69) is 37.4 Å². The van der Waals surface area contributed by atoms with E-state index in [4.69, 9.17) is 11.6 Å². The summed E-state index contributed by atoms with van der Waals surface area (Å²) < 4.78 is 3.23. The molecular formula is C13H13BrClN3. The van der Waals surface area contributed by atoms with Crippen molar-refractivity contribution in [2.75, 3.05) is 13.6 Å². The van der Waals surface area contributed by atoms with Crippen molar-refractivity contribution in [2.45, 2.75) is 13.1 Å². The van der Waals surface area contributed by atoms with Crippen LogP contribution in [0.5, 0.6) is 0 Å². The second-order valence-electron chi connectivity index (χ2n) is 4.57. The summed E-state index contributed by atoms with van der Waals surface area (Å²) in [6, 6.07) is 7.84. The van der Waals surface area contributed by atoms with Crippen molar-refractivity contribution in [2.24, 2.45) is 0 Å². The van der Waals surface area contributed by atoms with Gasteiger partial charge >= 0.3 is 0 Å². The van der Waals surface area contributed by atoms with Crippen LogP contribution in [-0.4, -0.2) is 28.0 Å². The largest absolute Gasteiger partial charge is 0.325 e. The van der Waals surface area contributed by atoms with Crippen LogP contribution in [0.25, 0.3) is 11.4 Å². The molecule has 1 aliphatic heterocycles. The van der Waals surface area contributed by atoms with Gasteiger partial charge in [0.15, 0.2) is 0 Å². The molecule has 0 fully saturated rings. The monoisotopic (exact) mass is 325 g/mol. The number of nitrogens with zero attached hydrogens (tertiary/aromatic N) is 3. The maximum absolute atomic E-state index is 5.92. The van der Waals surface area contributed by atoms with E-state index in [-0.39, 0.29) is 0 Å². The average molecular weight is 327 g/mol. The van der Waals surface area contributed by atoms with Gasteiger partial charge in [0, 0.05) is 30.2 Å². The number of hydrogen-bond acceptors (Lipinski definition) is 2. The fraction of sp³-hybridized carbons (Fsp3) is 0.308. The molecule has 5 heteroatoms. The van der Waals surface area contributed by atoms with Crippen LogP contribution in [0.3, 0.4) is 0 Å². The van der Waals surface area contributed by atoms with Crippen molar-refractivity contribution < 1.29 is 0 Å². The molecule has 0 N–H and O–H groups in total. The molecule has 2 aromatic rings. The first kappa shape index (κ1) is 12.2. The molecule has 0 bridgehead atoms. The third kappa shape index (κ3) is 2.09. The summed E-state index contributed by atoms with van der Waals surface area (Å²) in [4.78, 5) is 6.94. The van der Waals surface area contributed by atoms with Gasteiger partial charge in [0.2, 0.25) is 0 Å². The summed E-state index contributed by atoms with van der Waals surface area (Å²) in [6.45, 7) is 2.96. The molecule has 3 nitrogen and oxygen atoms in total. The molecule has 1 aromatic heterocycles. The highest BCUT2D eigenvalue weighted by molar-refractivity contribution is 9.10. The molecule has 0 spiro atoms. The Hall–Kier alpha value is -0.840. The van der Waals surface area contributed by atoms with Crippen LogP contribution in [0.2, 0.25) is 5.02 Å². The summed E-state index contributed by atoms with van der Waals surface area (Å²) in [6.07, 6.45) is 0. The van der Waals surface area contributed by atoms with Gasteiger partial charge in [0.1, 0.15) is 10.4 Å². The summed E-state index contributed by atoms with van der Waals surface area (Å²) in [5.41, 5.74) is 2.35. The van der Waals surface area contributed by atoms with E-state index in [1.54, 1.807) is 0 Å². The number of likely N-dealkylation sites (N-methyl/N-ethyl adjacent to an activating group) is 1. The Bertz CT molecular complexity index is 577. The SMILES string of the molecule is CN1CCn2c(-c3ccc(Cl)cc3)nc(Br)c2C1. The van der Waals surface area contributed by atoms with E-state index in [0.29, 0.717) is 0 Å². The van der Waals surface area contributed by atoms with Gasteiger partial charge < -0.3 is 4.57 Å². The lowest BCUT2D eigenvalue weighted by Crippen LogP contribution is -2.30. The van der Waals surface area contributed by atoms with Crippen LogP contribution in [0, 0.1) is 0 Å². The van der Waals surface area contributed by atoms with E-state index < -0.39 is 0 Å². The number of imidazole rings is 1. The molecule has 0 unspecified atom stereocenters. The van der Waals surface area contributed by atoms with Gasteiger partial charge in [-0.05, 0) is 47.2 Å². The van der Waals surface area contributed by atoms with Crippen LogP contribution < -0.4 is 0 Å². The average Bonchev–Trinajstić information content (AvgIpc) is 2.68. The van der Waals surface area contributed by atoms with Crippen LogP contribution in [0.15, 0.2) is 28.9 Å². The van der Waals surface area contributed by atoms with E-state index in [1.165, 1.54) is 5.69 Å². The molecule has 1 aromatic carbocycles. The maximum atomic E-state index is 5.92. The molecule has 0 aliphatic carbocycles. The summed E-state index contributed by atoms with van der Waals surface area (Å²) in [5, 5.41) is 0.753. The van der Waals surface area contributed by atoms with Gasteiger partial charge in [-0.15, -0.1) is 0 Å². The first-order valence-electron chi connectivity index (χ1n) is 5.84. The summed E-state index contributed by atoms with van der Waals surface area (Å²) >= 11 is 9.48. The second-order valence-corrected chi connectivity index (χ2v) is 5.76. The van der Waals surface area contributed by atoms with Crippen LogP contribution in [0.1, 0.15) is 5.69 Å². The Balaban J connectivity index is 2.08. The van der Waals surface area contributed by atoms with Crippen LogP contribution in [-0.2, 0) is 13.1 Å². The van der Waals surface area contributed by atoms with Gasteiger partial charge in [-0.25, -0.2) is 4.98 Å². The van der Waals surface area contributed by atoms with Gasteiger partial charge in [-0.2, -0.15) is 0 Å². The third-order valence-corrected chi connectivity index (χ3v) is 4.14. The molecule has 3 rings (SSSR count). The molecule has 0 atom stereocenters. The molecular weight excluding hydrogens is 314 g/mol. The Labute approximate surface area is 120 Å². The molecule has 94 valence electrons. The minimum atomic E-state index is 0.753. The quantitative estimate of drug-likeness (QED) is 0.801. The zero-order chi connectivity index (χ0) is 12.7. The molecule has 1 aliphatic rings. The smallest absolute Gasteiger partial charge is 0.141 e. The summed E-state index contributed by atoms with van der Waals surface area (Å²) in [7, 11) is 2.13. The van der Waals surface area contributed by atoms with Crippen molar-refractivity contribution in [1.82, 2.24) is 14.5 Å². The lowest BCUT2D eigenvalue weighted by Gasteiger charge is -2.25. The zero-order valence-electron chi connectivity index (χ0n) is 10.0. The Morgan fingerprint density at radius 3 is 2.67 bits per heavy atom. The third-order valence-electron chi connectivity index (χ3n) is 3.25. The van der Waals surface area contributed by atoms with E-state index in [1.807, 2.05) is 24.3 Å². The second kappa shape index (κ2) is 4.68. The lowest BCUT2D eigenvalue weighted by atomic mass is 10.2. The van der Waals surface area contributed by atoms with E-state index in [0.717, 1.165) is 40.6 Å². The van der Waals surface area contributed by atoms with Crippen molar-refractivity contribution in [3.8, 4) is 11.4 Å². The van der Waals surface area contributed by atoms with Crippen molar-refractivity contribution in [1.29, 1.82) is 0 Å². The predicted molar refractivity (Wildman–Crippen MR) is 76.7 cm³/mol. The van der Waals surface area contributed by atoms with Crippen LogP contribution in [0.4, 0.5) is 0 Å². The number of aromatic nitrogens is 2. The minimum Gasteiger partial charge on any atom is -0.325 e. The van der Waals surface area contributed by atoms with E-state index in [9.17, 15) is 0 Å². The van der Waals surface area contributed by atoms with Gasteiger partial charge in [-0.3, -0.25) is 4.90 Å². The number of halogens is 2. The molecule has 0 radical (unpaired) electrons. The highest BCUT2D eigenvalue weighted by Gasteiger charge is 2.21. The number of rotatable bonds is 1. The zero-order valence-corrected chi connectivity index (χ0v) is 12.4. The summed E-state index contributed by atoms with van der Waals surface area (Å²) in [5.74, 6) is 1.02. The molecule has 0 saturated carbocycles. The Kier molecular flexibility index (Phi) is 3.18. The highest BCUT2D eigenvalue weighted by Crippen LogP contribution is 2.29. The fourth-order valence-electron chi connectivity index (χ4n) is 2.27. The van der Waals surface area contributed by atoms with Gasteiger partial charge in [-0.1, -0.05) is 11.6 Å². The van der Waals surface area contributed by atoms with E-state index >= 15 is 0 Å². The Morgan fingerprint density at radius 1 is 1.22 bits per heavy atom. The molecule has 2 heterocycles. The first-order valence-corrected chi connectivity index (χ1v) is 7.01. The standard InChI is InChI=1S/C13H13BrClN3/c1-17-6-7-18-11(8-17)12(14)16-13(18)9-2-4-10(15)5-3-9/h2-5H,6-8H2,1H3. The van der Waals surface area contributed by atoms with Gasteiger partial charge in [0.25, 0.3) is 0 Å². The fourth-order valence-corrected chi connectivity index (χ4v) is 2.91. The molecule has 0 amide bonds. The normalized spacial score (nSPS) is 15.7. The van der Waals surface area contributed by atoms with Crippen molar-refractivity contribution in [3.63, 3.8) is 0 Å². The molecule has 0 saturated heterocycles. The maximum Gasteiger partial charge on any atom is 0.141 e. The first-order chi connectivity index (χ1) is 8.65. The highest BCUT2D eigenvalue weighted by atomic mass is 79.9. The lowest BCUT2D eigenvalue weighted by molar-refractivity contribution is 0.270. The minimum absolute atomic E-state index is 0.753. The number of fused-ring (bicyclic) bond motifs is 1. The Morgan fingerprint density at radius 2 is 1.94 bits per heavy atom.